The molecule has 3 heterocycles. The molecule has 0 spiro atoms. The van der Waals surface area contributed by atoms with Crippen LogP contribution in [0, 0.1) is 6.92 Å². The van der Waals surface area contributed by atoms with E-state index in [-0.39, 0.29) is 5.91 Å². The fourth-order valence-electron chi connectivity index (χ4n) is 4.27. The van der Waals surface area contributed by atoms with E-state index < -0.39 is 0 Å². The maximum Gasteiger partial charge on any atom is 0.254 e. The standard InChI is InChI=1S/C21H28N4O/c1-4-16-5-6-20-18(12-16)19(11-15(2)22-20)21(26)25-10-9-24-8-7-23(3)13-17(24)14-25/h5-6,11-12,17H,4,7-10,13-14H2,1-3H3. The Kier molecular flexibility index (Phi) is 4.67. The van der Waals surface area contributed by atoms with Crippen molar-refractivity contribution in [3.05, 3.63) is 41.1 Å². The number of hydrogen-bond donors (Lipinski definition) is 0. The van der Waals surface area contributed by atoms with Gasteiger partial charge in [0, 0.05) is 56.4 Å². The third kappa shape index (κ3) is 3.21. The van der Waals surface area contributed by atoms with Gasteiger partial charge in [-0.2, -0.15) is 0 Å². The first-order chi connectivity index (χ1) is 12.5. The maximum absolute atomic E-state index is 13.4. The van der Waals surface area contributed by atoms with Gasteiger partial charge < -0.3 is 9.80 Å². The summed E-state index contributed by atoms with van der Waals surface area (Å²) in [5, 5.41) is 0.989. The molecule has 1 aromatic carbocycles. The van der Waals surface area contributed by atoms with Crippen molar-refractivity contribution < 1.29 is 4.79 Å². The Balaban J connectivity index is 1.65. The van der Waals surface area contributed by atoms with Gasteiger partial charge in [0.25, 0.3) is 5.91 Å². The van der Waals surface area contributed by atoms with E-state index in [1.54, 1.807) is 0 Å². The molecule has 2 aliphatic rings. The van der Waals surface area contributed by atoms with Gasteiger partial charge >= 0.3 is 0 Å². The molecular formula is C21H28N4O. The molecule has 0 N–H and O–H groups in total. The van der Waals surface area contributed by atoms with Gasteiger partial charge in [0.05, 0.1) is 11.1 Å². The van der Waals surface area contributed by atoms with E-state index in [0.717, 1.165) is 67.8 Å². The summed E-state index contributed by atoms with van der Waals surface area (Å²) in [7, 11) is 2.17. The molecule has 2 aliphatic heterocycles. The third-order valence-corrected chi connectivity index (χ3v) is 5.82. The molecule has 26 heavy (non-hydrogen) atoms. The molecular weight excluding hydrogens is 324 g/mol. The lowest BCUT2D eigenvalue weighted by Crippen LogP contribution is -2.62. The Labute approximate surface area is 155 Å². The zero-order valence-corrected chi connectivity index (χ0v) is 16.0. The number of benzene rings is 1. The van der Waals surface area contributed by atoms with E-state index in [2.05, 4.69) is 40.9 Å². The van der Waals surface area contributed by atoms with Crippen LogP contribution in [0.3, 0.4) is 0 Å². The predicted molar refractivity (Wildman–Crippen MR) is 105 cm³/mol. The van der Waals surface area contributed by atoms with Gasteiger partial charge in [-0.1, -0.05) is 13.0 Å². The zero-order chi connectivity index (χ0) is 18.3. The molecule has 138 valence electrons. The Bertz CT molecular complexity index is 834. The molecule has 0 saturated carbocycles. The number of piperazine rings is 2. The highest BCUT2D eigenvalue weighted by atomic mass is 16.2. The number of hydrogen-bond acceptors (Lipinski definition) is 4. The SMILES string of the molecule is CCc1ccc2nc(C)cc(C(=O)N3CCN4CCN(C)CC4C3)c2c1. The van der Waals surface area contributed by atoms with Crippen molar-refractivity contribution >= 4 is 16.8 Å². The van der Waals surface area contributed by atoms with Crippen molar-refractivity contribution in [3.63, 3.8) is 0 Å². The molecule has 1 aromatic heterocycles. The Morgan fingerprint density at radius 1 is 1.15 bits per heavy atom. The molecule has 5 nitrogen and oxygen atoms in total. The summed E-state index contributed by atoms with van der Waals surface area (Å²) in [6.07, 6.45) is 0.963. The molecule has 2 saturated heterocycles. The van der Waals surface area contributed by atoms with Gasteiger partial charge in [0.2, 0.25) is 0 Å². The van der Waals surface area contributed by atoms with Crippen LogP contribution in [-0.4, -0.2) is 77.9 Å². The topological polar surface area (TPSA) is 39.7 Å². The summed E-state index contributed by atoms with van der Waals surface area (Å²) in [6, 6.07) is 8.71. The molecule has 2 fully saturated rings. The lowest BCUT2D eigenvalue weighted by molar-refractivity contribution is 0.0191. The minimum atomic E-state index is 0.154. The molecule has 0 aliphatic carbocycles. The Morgan fingerprint density at radius 3 is 2.77 bits per heavy atom. The minimum absolute atomic E-state index is 0.154. The van der Waals surface area contributed by atoms with Crippen LogP contribution in [0.1, 0.15) is 28.5 Å². The normalized spacial score (nSPS) is 21.8. The number of aromatic nitrogens is 1. The Hall–Kier alpha value is -1.98. The Morgan fingerprint density at radius 2 is 1.96 bits per heavy atom. The summed E-state index contributed by atoms with van der Waals surface area (Å²) in [5.74, 6) is 0.154. The van der Waals surface area contributed by atoms with Crippen molar-refractivity contribution in [2.45, 2.75) is 26.3 Å². The van der Waals surface area contributed by atoms with Gasteiger partial charge in [-0.15, -0.1) is 0 Å². The monoisotopic (exact) mass is 352 g/mol. The number of amides is 1. The van der Waals surface area contributed by atoms with Gasteiger partial charge in [-0.05, 0) is 44.2 Å². The fourth-order valence-corrected chi connectivity index (χ4v) is 4.27. The molecule has 0 radical (unpaired) electrons. The first kappa shape index (κ1) is 17.4. The molecule has 4 rings (SSSR count). The number of likely N-dealkylation sites (N-methyl/N-ethyl adjacent to an activating group) is 1. The summed E-state index contributed by atoms with van der Waals surface area (Å²) in [5.41, 5.74) is 3.87. The first-order valence-corrected chi connectivity index (χ1v) is 9.67. The molecule has 1 unspecified atom stereocenters. The first-order valence-electron chi connectivity index (χ1n) is 9.67. The van der Waals surface area contributed by atoms with Crippen LogP contribution in [-0.2, 0) is 6.42 Å². The third-order valence-electron chi connectivity index (χ3n) is 5.82. The largest absolute Gasteiger partial charge is 0.336 e. The summed E-state index contributed by atoms with van der Waals surface area (Å²) in [6.45, 7) is 10.0. The minimum Gasteiger partial charge on any atom is -0.336 e. The highest BCUT2D eigenvalue weighted by molar-refractivity contribution is 6.06. The second kappa shape index (κ2) is 6.97. The van der Waals surface area contributed by atoms with E-state index in [1.165, 1.54) is 5.56 Å². The van der Waals surface area contributed by atoms with Crippen molar-refractivity contribution in [2.75, 3.05) is 46.3 Å². The van der Waals surface area contributed by atoms with Gasteiger partial charge in [0.1, 0.15) is 0 Å². The van der Waals surface area contributed by atoms with E-state index in [1.807, 2.05) is 24.0 Å². The number of carbonyl (C=O) groups is 1. The van der Waals surface area contributed by atoms with Crippen molar-refractivity contribution in [1.29, 1.82) is 0 Å². The number of carbonyl (C=O) groups excluding carboxylic acids is 1. The number of aryl methyl sites for hydroxylation is 2. The summed E-state index contributed by atoms with van der Waals surface area (Å²) >= 11 is 0. The van der Waals surface area contributed by atoms with Crippen LogP contribution in [0.4, 0.5) is 0 Å². The average molecular weight is 352 g/mol. The van der Waals surface area contributed by atoms with Crippen LogP contribution >= 0.6 is 0 Å². The number of pyridine rings is 1. The second-order valence-corrected chi connectivity index (χ2v) is 7.72. The van der Waals surface area contributed by atoms with Gasteiger partial charge in [0.15, 0.2) is 0 Å². The van der Waals surface area contributed by atoms with Gasteiger partial charge in [-0.3, -0.25) is 14.7 Å². The number of fused-ring (bicyclic) bond motifs is 2. The van der Waals surface area contributed by atoms with E-state index in [4.69, 9.17) is 0 Å². The maximum atomic E-state index is 13.4. The quantitative estimate of drug-likeness (QED) is 0.831. The summed E-state index contributed by atoms with van der Waals surface area (Å²) in [4.78, 5) is 25.0. The van der Waals surface area contributed by atoms with Crippen molar-refractivity contribution in [2.24, 2.45) is 0 Å². The lowest BCUT2D eigenvalue weighted by atomic mass is 10.0. The molecule has 5 heteroatoms. The number of nitrogens with zero attached hydrogens (tertiary/aromatic N) is 4. The van der Waals surface area contributed by atoms with Crippen molar-refractivity contribution in [1.82, 2.24) is 19.7 Å². The average Bonchev–Trinajstić information content (AvgIpc) is 2.65. The van der Waals surface area contributed by atoms with Crippen molar-refractivity contribution in [3.8, 4) is 0 Å². The van der Waals surface area contributed by atoms with Crippen LogP contribution < -0.4 is 0 Å². The highest BCUT2D eigenvalue weighted by Crippen LogP contribution is 2.24. The lowest BCUT2D eigenvalue weighted by Gasteiger charge is -2.46. The second-order valence-electron chi connectivity index (χ2n) is 7.72. The predicted octanol–water partition coefficient (Wildman–Crippen LogP) is 2.18. The molecule has 1 amide bonds. The van der Waals surface area contributed by atoms with Gasteiger partial charge in [-0.25, -0.2) is 0 Å². The molecule has 2 aromatic rings. The summed E-state index contributed by atoms with van der Waals surface area (Å²) < 4.78 is 0. The zero-order valence-electron chi connectivity index (χ0n) is 16.0. The van der Waals surface area contributed by atoms with Crippen LogP contribution in [0.25, 0.3) is 10.9 Å². The van der Waals surface area contributed by atoms with Crippen LogP contribution in [0.2, 0.25) is 0 Å². The molecule has 0 bridgehead atoms. The fraction of sp³-hybridized carbons (Fsp3) is 0.524. The number of rotatable bonds is 2. The highest BCUT2D eigenvalue weighted by Gasteiger charge is 2.33. The van der Waals surface area contributed by atoms with E-state index in [0.29, 0.717) is 6.04 Å². The molecule has 1 atom stereocenters. The van der Waals surface area contributed by atoms with Crippen LogP contribution in [0.5, 0.6) is 0 Å². The van der Waals surface area contributed by atoms with Crippen LogP contribution in [0.15, 0.2) is 24.3 Å². The smallest absolute Gasteiger partial charge is 0.254 e. The van der Waals surface area contributed by atoms with E-state index >= 15 is 0 Å². The van der Waals surface area contributed by atoms with E-state index in [9.17, 15) is 4.79 Å².